The van der Waals surface area contributed by atoms with Crippen LogP contribution in [-0.2, 0) is 20.9 Å². The van der Waals surface area contributed by atoms with Gasteiger partial charge in [-0.3, -0.25) is 0 Å². The van der Waals surface area contributed by atoms with E-state index in [2.05, 4.69) is 10.3 Å². The lowest BCUT2D eigenvalue weighted by molar-refractivity contribution is 0.0585. The monoisotopic (exact) mass is 384 g/mol. The molecule has 2 rings (SSSR count). The molecule has 1 aromatic heterocycles. The number of hydrogen-bond donors (Lipinski definition) is 1. The number of benzene rings is 1. The molecule has 0 radical (unpaired) electrons. The molecule has 0 fully saturated rings. The number of nitrogens with one attached hydrogen (secondary N) is 1. The summed E-state index contributed by atoms with van der Waals surface area (Å²) in [6.45, 7) is 0. The second-order valence-electron chi connectivity index (χ2n) is 4.36. The van der Waals surface area contributed by atoms with Crippen molar-refractivity contribution in [3.8, 4) is 0 Å². The van der Waals surface area contributed by atoms with Gasteiger partial charge in [-0.05, 0) is 12.1 Å². The molecule has 0 aliphatic rings. The van der Waals surface area contributed by atoms with Gasteiger partial charge >= 0.3 is 5.97 Å². The van der Waals surface area contributed by atoms with Crippen molar-refractivity contribution in [2.75, 3.05) is 5.48 Å². The van der Waals surface area contributed by atoms with Crippen LogP contribution < -0.4 is 5.48 Å². The van der Waals surface area contributed by atoms with E-state index in [-0.39, 0.29) is 16.3 Å². The molecule has 1 aromatic carbocycles. The van der Waals surface area contributed by atoms with Crippen molar-refractivity contribution < 1.29 is 26.8 Å². The summed E-state index contributed by atoms with van der Waals surface area (Å²) in [6.07, 6.45) is 1.12. The first-order valence-electron chi connectivity index (χ1n) is 5.82. The zero-order valence-corrected chi connectivity index (χ0v) is 13.6. The van der Waals surface area contributed by atoms with Crippen LogP contribution >= 0.6 is 22.3 Å². The predicted molar refractivity (Wildman–Crippen MR) is 78.9 cm³/mol. The third kappa shape index (κ3) is 3.92. The number of carbonyl (C=O) groups is 1. The maximum atomic E-state index is 13.2. The number of aromatic nitrogens is 1. The van der Waals surface area contributed by atoms with Gasteiger partial charge in [0.05, 0.1) is 10.7 Å². The van der Waals surface area contributed by atoms with Crippen LogP contribution in [0, 0.1) is 11.6 Å². The maximum Gasteiger partial charge on any atom is 0.379 e. The highest BCUT2D eigenvalue weighted by Gasteiger charge is 2.20. The van der Waals surface area contributed by atoms with Gasteiger partial charge in [0.1, 0.15) is 10.6 Å². The van der Waals surface area contributed by atoms with Crippen LogP contribution in [0.2, 0.25) is 5.02 Å². The van der Waals surface area contributed by atoms with Gasteiger partial charge in [-0.1, -0.05) is 11.6 Å². The summed E-state index contributed by atoms with van der Waals surface area (Å²) in [4.78, 5) is 16.3. The minimum Gasteiger partial charge on any atom is -0.344 e. The molecule has 0 spiro atoms. The molecular formula is C12H8Cl2F2N2O4S. The minimum atomic E-state index is -4.01. The third-order valence-electron chi connectivity index (χ3n) is 2.72. The Morgan fingerprint density at radius 1 is 1.30 bits per heavy atom. The SMILES string of the molecule is Cn1cc(S(=O)(=O)Cl)cc1C(=O)ONc1cc(F)c(F)c(Cl)c1. The molecule has 6 nitrogen and oxygen atoms in total. The normalized spacial score (nSPS) is 11.3. The molecule has 1 N–H and O–H groups in total. The Labute approximate surface area is 138 Å². The molecule has 2 aromatic rings. The standard InChI is InChI=1S/C12H8Cl2F2N2O4S/c1-18-5-7(23(14,20)21)4-10(18)12(19)22-17-6-2-8(13)11(16)9(15)3-6/h2-5,17H,1H3. The van der Waals surface area contributed by atoms with Crippen LogP contribution in [0.1, 0.15) is 10.5 Å². The van der Waals surface area contributed by atoms with Crippen molar-refractivity contribution in [1.29, 1.82) is 0 Å². The number of nitrogens with zero attached hydrogens (tertiary/aromatic N) is 1. The lowest BCUT2D eigenvalue weighted by atomic mass is 10.3. The summed E-state index contributed by atoms with van der Waals surface area (Å²) < 4.78 is 49.8. The van der Waals surface area contributed by atoms with E-state index in [0.29, 0.717) is 0 Å². The molecule has 11 heteroatoms. The molecule has 0 aliphatic carbocycles. The third-order valence-corrected chi connectivity index (χ3v) is 4.31. The van der Waals surface area contributed by atoms with Gasteiger partial charge in [0.2, 0.25) is 0 Å². The van der Waals surface area contributed by atoms with Gasteiger partial charge in [0.15, 0.2) is 11.6 Å². The summed E-state index contributed by atoms with van der Waals surface area (Å²) in [6, 6.07) is 2.74. The first-order chi connectivity index (χ1) is 10.6. The van der Waals surface area contributed by atoms with E-state index in [1.165, 1.54) is 11.6 Å². The Morgan fingerprint density at radius 2 is 1.96 bits per heavy atom. The van der Waals surface area contributed by atoms with E-state index < -0.39 is 31.7 Å². The Hall–Kier alpha value is -1.84. The van der Waals surface area contributed by atoms with Gasteiger partial charge in [-0.25, -0.2) is 27.5 Å². The summed E-state index contributed by atoms with van der Waals surface area (Å²) in [5, 5.41) is -0.502. The topological polar surface area (TPSA) is 77.4 Å². The number of hydrogen-bond acceptors (Lipinski definition) is 5. The first-order valence-corrected chi connectivity index (χ1v) is 8.51. The average molecular weight is 385 g/mol. The van der Waals surface area contributed by atoms with Crippen molar-refractivity contribution in [2.24, 2.45) is 7.05 Å². The Kier molecular flexibility index (Phi) is 4.83. The highest BCUT2D eigenvalue weighted by atomic mass is 35.7. The van der Waals surface area contributed by atoms with Crippen LogP contribution in [0.25, 0.3) is 0 Å². The summed E-state index contributed by atoms with van der Waals surface area (Å²) >= 11 is 5.45. The quantitative estimate of drug-likeness (QED) is 0.497. The Morgan fingerprint density at radius 3 is 2.48 bits per heavy atom. The highest BCUT2D eigenvalue weighted by molar-refractivity contribution is 8.13. The van der Waals surface area contributed by atoms with Gasteiger partial charge < -0.3 is 9.40 Å². The van der Waals surface area contributed by atoms with E-state index >= 15 is 0 Å². The second kappa shape index (κ2) is 6.34. The Bertz CT molecular complexity index is 860. The van der Waals surface area contributed by atoms with E-state index in [4.69, 9.17) is 22.3 Å². The van der Waals surface area contributed by atoms with Crippen LogP contribution in [-0.4, -0.2) is 19.0 Å². The fourth-order valence-electron chi connectivity index (χ4n) is 1.64. The lowest BCUT2D eigenvalue weighted by Crippen LogP contribution is -2.14. The van der Waals surface area contributed by atoms with Crippen molar-refractivity contribution in [3.63, 3.8) is 0 Å². The fourth-order valence-corrected chi connectivity index (χ4v) is 2.64. The van der Waals surface area contributed by atoms with Gasteiger partial charge in [-0.2, -0.15) is 0 Å². The fraction of sp³-hybridized carbons (Fsp3) is 0.0833. The molecule has 0 bridgehead atoms. The smallest absolute Gasteiger partial charge is 0.344 e. The lowest BCUT2D eigenvalue weighted by Gasteiger charge is -2.08. The second-order valence-corrected chi connectivity index (χ2v) is 7.33. The zero-order chi connectivity index (χ0) is 17.4. The predicted octanol–water partition coefficient (Wildman–Crippen LogP) is 3.07. The minimum absolute atomic E-state index is 0.110. The first kappa shape index (κ1) is 17.5. The average Bonchev–Trinajstić information content (AvgIpc) is 2.84. The van der Waals surface area contributed by atoms with Crippen LogP contribution in [0.15, 0.2) is 29.3 Å². The van der Waals surface area contributed by atoms with Gasteiger partial charge in [0.25, 0.3) is 9.05 Å². The van der Waals surface area contributed by atoms with Crippen molar-refractivity contribution in [3.05, 3.63) is 46.7 Å². The molecular weight excluding hydrogens is 377 g/mol. The van der Waals surface area contributed by atoms with Gasteiger partial charge in [-0.15, -0.1) is 0 Å². The summed E-state index contributed by atoms with van der Waals surface area (Å²) in [7, 11) is 2.56. The van der Waals surface area contributed by atoms with Crippen molar-refractivity contribution in [1.82, 2.24) is 4.57 Å². The highest BCUT2D eigenvalue weighted by Crippen LogP contribution is 2.23. The van der Waals surface area contributed by atoms with Gasteiger partial charge in [0, 0.05) is 30.0 Å². The van der Waals surface area contributed by atoms with E-state index in [0.717, 1.165) is 24.4 Å². The van der Waals surface area contributed by atoms with Crippen LogP contribution in [0.3, 0.4) is 0 Å². The summed E-state index contributed by atoms with van der Waals surface area (Å²) in [5.41, 5.74) is 1.85. The number of halogens is 4. The molecule has 124 valence electrons. The molecule has 23 heavy (non-hydrogen) atoms. The van der Waals surface area contributed by atoms with E-state index in [1.54, 1.807) is 0 Å². The number of anilines is 1. The largest absolute Gasteiger partial charge is 0.379 e. The molecule has 0 aliphatic heterocycles. The number of aryl methyl sites for hydroxylation is 1. The van der Waals surface area contributed by atoms with Crippen LogP contribution in [0.5, 0.6) is 0 Å². The van der Waals surface area contributed by atoms with Crippen molar-refractivity contribution >= 4 is 43.0 Å². The Balaban J connectivity index is 2.16. The molecule has 0 saturated carbocycles. The van der Waals surface area contributed by atoms with E-state index in [9.17, 15) is 22.0 Å². The van der Waals surface area contributed by atoms with Crippen molar-refractivity contribution in [2.45, 2.75) is 4.90 Å². The number of carbonyl (C=O) groups excluding carboxylic acids is 1. The van der Waals surface area contributed by atoms with E-state index in [1.807, 2.05) is 0 Å². The molecule has 0 saturated heterocycles. The van der Waals surface area contributed by atoms with Crippen LogP contribution in [0.4, 0.5) is 14.5 Å². The molecule has 1 heterocycles. The summed E-state index contributed by atoms with van der Waals surface area (Å²) in [5.74, 6) is -3.44. The molecule has 0 unspecified atom stereocenters. The molecule has 0 atom stereocenters. The molecule has 0 amide bonds. The maximum absolute atomic E-state index is 13.2. The number of rotatable bonds is 4. The zero-order valence-electron chi connectivity index (χ0n) is 11.3.